The molecule has 0 aliphatic rings. The van der Waals surface area contributed by atoms with E-state index in [1.54, 1.807) is 0 Å². The molecule has 0 rings (SSSR count). The molecule has 24 heavy (non-hydrogen) atoms. The maximum atomic E-state index is 8.36. The van der Waals surface area contributed by atoms with Gasteiger partial charge < -0.3 is 70.4 Å². The Kier molecular flexibility index (Phi) is 1300. The number of nitrogens with zero attached hydrogens (tertiary/aromatic N) is 3. The second-order valence-corrected chi connectivity index (χ2v) is 0.714. The molecule has 162 valence electrons. The van der Waals surface area contributed by atoms with Crippen LogP contribution < -0.4 is 0 Å². The van der Waals surface area contributed by atoms with E-state index in [-0.39, 0.29) is 90.7 Å². The van der Waals surface area contributed by atoms with Crippen LogP contribution >= 0.6 is 0 Å². The van der Waals surface area contributed by atoms with E-state index in [4.69, 9.17) is 46.0 Å². The molecule has 0 atom stereocenters. The Morgan fingerprint density at radius 2 is 0.458 bits per heavy atom. The van der Waals surface area contributed by atoms with Gasteiger partial charge >= 0.3 is 18.9 Å². The molecule has 23 N–H and O–H groups in total. The zero-order valence-corrected chi connectivity index (χ0v) is 11.6. The van der Waals surface area contributed by atoms with Crippen molar-refractivity contribution in [2.75, 3.05) is 0 Å². The third-order valence-corrected chi connectivity index (χ3v) is 0. The minimum atomic E-state index is -1.50. The summed E-state index contributed by atoms with van der Waals surface area (Å²) < 4.78 is 0. The van der Waals surface area contributed by atoms with Gasteiger partial charge in [0.05, 0.1) is 0 Å². The predicted octanol–water partition coefficient (Wildman–Crippen LogP) is -9.94. The van der Waals surface area contributed by atoms with Gasteiger partial charge in [0.25, 0.3) is 15.3 Å². The normalized spacial score (nSPS) is 3.00. The van der Waals surface area contributed by atoms with E-state index in [0.717, 1.165) is 0 Å². The number of rotatable bonds is 0. The van der Waals surface area contributed by atoms with Gasteiger partial charge in [-0.1, -0.05) is 0 Å². The molecular weight excluding hydrogens is 409 g/mol. The van der Waals surface area contributed by atoms with Gasteiger partial charge in [-0.2, -0.15) is 0 Å². The second-order valence-electron chi connectivity index (χ2n) is 0.714. The molecule has 0 aromatic heterocycles. The van der Waals surface area contributed by atoms with Crippen molar-refractivity contribution >= 4 is 18.9 Å². The van der Waals surface area contributed by atoms with Gasteiger partial charge in [0.1, 0.15) is 0 Å². The zero-order chi connectivity index (χ0) is 10.7. The van der Waals surface area contributed by atoms with E-state index >= 15 is 0 Å². The molecule has 0 spiro atoms. The average Bonchev–Trinajstić information content (AvgIpc) is 1.54. The Hall–Kier alpha value is -1.68. The first-order chi connectivity index (χ1) is 5.20. The molecule has 0 radical (unpaired) electrons. The van der Waals surface area contributed by atoms with Crippen molar-refractivity contribution in [2.45, 2.75) is 0 Å². The predicted molar refractivity (Wildman–Crippen MR) is 69.6 cm³/mol. The molecule has 0 fully saturated rings. The van der Waals surface area contributed by atoms with E-state index in [1.807, 2.05) is 0 Å². The molecule has 0 saturated carbocycles. The molecule has 0 unspecified atom stereocenters. The second kappa shape index (κ2) is 164. The number of hydrogen-bond donors (Lipinski definition) is 3. The monoisotopic (exact) mass is 433 g/mol. The van der Waals surface area contributed by atoms with Crippen molar-refractivity contribution in [1.82, 2.24) is 0 Å². The summed E-state index contributed by atoms with van der Waals surface area (Å²) >= 11 is 0. The minimum absolute atomic E-state index is 0. The van der Waals surface area contributed by atoms with Crippen molar-refractivity contribution in [3.63, 3.8) is 0 Å². The van der Waals surface area contributed by atoms with Crippen LogP contribution in [0.3, 0.4) is 0 Å². The van der Waals surface area contributed by atoms with Crippen molar-refractivity contribution in [3.05, 3.63) is 30.3 Å². The Morgan fingerprint density at radius 1 is 0.458 bits per heavy atom. The summed E-state index contributed by atoms with van der Waals surface area (Å²) in [5.74, 6) is 0. The zero-order valence-electron chi connectivity index (χ0n) is 10.5. The third-order valence-electron chi connectivity index (χ3n) is 0. The van der Waals surface area contributed by atoms with Crippen molar-refractivity contribution in [3.8, 4) is 0 Å². The van der Waals surface area contributed by atoms with Crippen molar-refractivity contribution in [2.24, 2.45) is 0 Å². The fourth-order valence-electron chi connectivity index (χ4n) is 0. The van der Waals surface area contributed by atoms with Crippen LogP contribution in [0.15, 0.2) is 0 Å². The standard InChI is InChI=1S/Fe.Li.3HNO3.10H2O.H/c;;3*2-1(3)4;;;;;;;;;;;/h;;3*(H,2,3,4);10*1H2;. The maximum absolute atomic E-state index is 8.36. The molecule has 0 heterocycles. The SMILES string of the molecule is O.O.O.O.O.O.O.O.O.O.O=[N+]([O-])O.O=[N+]([O-])O.O=[N+]([O-])O.[Fe].[LiH]. The van der Waals surface area contributed by atoms with Crippen LogP contribution in [0.2, 0.25) is 0 Å². The quantitative estimate of drug-likeness (QED) is 0.185. The van der Waals surface area contributed by atoms with Crippen LogP contribution in [-0.2, 0) is 17.1 Å². The molecular formula is H24FeLiN3O19. The molecule has 0 aromatic rings. The molecule has 0 saturated heterocycles. The molecule has 24 heteroatoms. The summed E-state index contributed by atoms with van der Waals surface area (Å²) in [6.45, 7) is 0. The Labute approximate surface area is 152 Å². The molecule has 22 nitrogen and oxygen atoms in total. The summed E-state index contributed by atoms with van der Waals surface area (Å²) in [6.07, 6.45) is 0. The summed E-state index contributed by atoms with van der Waals surface area (Å²) in [7, 11) is 0. The van der Waals surface area contributed by atoms with E-state index in [0.29, 0.717) is 0 Å². The Morgan fingerprint density at radius 3 is 0.458 bits per heavy atom. The van der Waals surface area contributed by atoms with Gasteiger partial charge in [0.2, 0.25) is 0 Å². The fourth-order valence-corrected chi connectivity index (χ4v) is 0. The van der Waals surface area contributed by atoms with Crippen LogP contribution in [0, 0.1) is 30.3 Å². The van der Waals surface area contributed by atoms with Crippen molar-refractivity contribution < 1.29 is 103 Å². The van der Waals surface area contributed by atoms with Crippen LogP contribution in [0.25, 0.3) is 0 Å². The summed E-state index contributed by atoms with van der Waals surface area (Å²) in [5, 5.41) is 40.9. The molecule has 0 amide bonds. The van der Waals surface area contributed by atoms with Gasteiger partial charge in [-0.3, -0.25) is 0 Å². The summed E-state index contributed by atoms with van der Waals surface area (Å²) in [5.41, 5.74) is 0. The fraction of sp³-hybridized carbons (Fsp3) is 0. The van der Waals surface area contributed by atoms with Crippen LogP contribution in [0.1, 0.15) is 0 Å². The first kappa shape index (κ1) is 189. The van der Waals surface area contributed by atoms with Crippen molar-refractivity contribution in [1.29, 1.82) is 0 Å². The third kappa shape index (κ3) is 2680. The van der Waals surface area contributed by atoms with Gasteiger partial charge in [0, 0.05) is 17.1 Å². The Bertz CT molecular complexity index is 122. The van der Waals surface area contributed by atoms with E-state index in [1.165, 1.54) is 0 Å². The van der Waals surface area contributed by atoms with E-state index in [9.17, 15) is 0 Å². The van der Waals surface area contributed by atoms with Gasteiger partial charge in [0.15, 0.2) is 0 Å². The average molecular weight is 433 g/mol. The first-order valence-electron chi connectivity index (χ1n) is 1.70. The molecule has 0 aromatic carbocycles. The van der Waals surface area contributed by atoms with Gasteiger partial charge in [-0.05, 0) is 0 Å². The van der Waals surface area contributed by atoms with E-state index < -0.39 is 15.3 Å². The first-order valence-corrected chi connectivity index (χ1v) is 1.70. The molecule has 0 aliphatic carbocycles. The summed E-state index contributed by atoms with van der Waals surface area (Å²) in [6, 6.07) is 0. The van der Waals surface area contributed by atoms with Crippen LogP contribution in [0.5, 0.6) is 0 Å². The molecule has 0 bridgehead atoms. The van der Waals surface area contributed by atoms with Crippen LogP contribution in [0.4, 0.5) is 0 Å². The van der Waals surface area contributed by atoms with Gasteiger partial charge in [-0.15, -0.1) is 30.3 Å². The van der Waals surface area contributed by atoms with Crippen LogP contribution in [-0.4, -0.2) is 105 Å². The van der Waals surface area contributed by atoms with Gasteiger partial charge in [-0.25, -0.2) is 0 Å². The number of hydrogen-bond acceptors (Lipinski definition) is 6. The molecule has 0 aliphatic heterocycles. The summed E-state index contributed by atoms with van der Waals surface area (Å²) in [4.78, 5) is 25.1. The Balaban J connectivity index is -0.00000000312. The topological polar surface area (TPSA) is 505 Å². The van der Waals surface area contributed by atoms with E-state index in [2.05, 4.69) is 0 Å².